The van der Waals surface area contributed by atoms with Crippen molar-refractivity contribution in [3.8, 4) is 0 Å². The van der Waals surface area contributed by atoms with Crippen LogP contribution in [0.3, 0.4) is 0 Å². The van der Waals surface area contributed by atoms with E-state index in [2.05, 4.69) is 25.2 Å². The number of aryl methyl sites for hydroxylation is 2. The normalized spacial score (nSPS) is 16.2. The van der Waals surface area contributed by atoms with E-state index in [1.165, 1.54) is 17.5 Å². The van der Waals surface area contributed by atoms with Crippen LogP contribution in [0.5, 0.6) is 0 Å². The number of nitrogens with two attached hydrogens (primary N) is 1. The second kappa shape index (κ2) is 6.59. The summed E-state index contributed by atoms with van der Waals surface area (Å²) in [5, 5.41) is 3.09. The summed E-state index contributed by atoms with van der Waals surface area (Å²) in [6.07, 6.45) is 3.44. The number of carbonyl (C=O) groups excluding carboxylic acids is 1. The molecular formula is C16H25ClN2O. The molecule has 0 spiro atoms. The number of hydrogen-bond acceptors (Lipinski definition) is 2. The Labute approximate surface area is 127 Å². The quantitative estimate of drug-likeness (QED) is 0.897. The van der Waals surface area contributed by atoms with E-state index in [9.17, 15) is 4.79 Å². The number of rotatable bonds is 4. The van der Waals surface area contributed by atoms with Gasteiger partial charge in [0.05, 0.1) is 5.54 Å². The number of halogens is 1. The molecule has 0 saturated heterocycles. The summed E-state index contributed by atoms with van der Waals surface area (Å²) in [6.45, 7) is 6.61. The van der Waals surface area contributed by atoms with Crippen LogP contribution in [0.4, 0.5) is 0 Å². The van der Waals surface area contributed by atoms with E-state index in [1.54, 1.807) is 0 Å². The van der Waals surface area contributed by atoms with E-state index < -0.39 is 0 Å². The average molecular weight is 297 g/mol. The van der Waals surface area contributed by atoms with Crippen molar-refractivity contribution in [3.63, 3.8) is 0 Å². The van der Waals surface area contributed by atoms with Gasteiger partial charge in [-0.15, -0.1) is 12.4 Å². The number of hydrogen-bond donors (Lipinski definition) is 2. The Bertz CT molecular complexity index is 487. The lowest BCUT2D eigenvalue weighted by Crippen LogP contribution is -2.55. The molecule has 0 radical (unpaired) electrons. The van der Waals surface area contributed by atoms with Crippen LogP contribution in [0.25, 0.3) is 0 Å². The monoisotopic (exact) mass is 296 g/mol. The van der Waals surface area contributed by atoms with E-state index in [-0.39, 0.29) is 23.9 Å². The molecule has 20 heavy (non-hydrogen) atoms. The molecule has 1 aliphatic carbocycles. The fraction of sp³-hybridized carbons (Fsp3) is 0.562. The van der Waals surface area contributed by atoms with Gasteiger partial charge in [0, 0.05) is 12.1 Å². The molecule has 3 N–H and O–H groups in total. The van der Waals surface area contributed by atoms with E-state index in [0.717, 1.165) is 18.4 Å². The van der Waals surface area contributed by atoms with Gasteiger partial charge >= 0.3 is 0 Å². The molecule has 1 amide bonds. The lowest BCUT2D eigenvalue weighted by Gasteiger charge is -2.33. The van der Waals surface area contributed by atoms with Gasteiger partial charge in [-0.2, -0.15) is 0 Å². The van der Waals surface area contributed by atoms with Crippen LogP contribution in [0.1, 0.15) is 48.7 Å². The van der Waals surface area contributed by atoms with Gasteiger partial charge in [-0.25, -0.2) is 0 Å². The molecule has 1 aromatic carbocycles. The van der Waals surface area contributed by atoms with Crippen LogP contribution in [-0.2, 0) is 12.8 Å². The average Bonchev–Trinajstić information content (AvgIpc) is 2.85. The minimum Gasteiger partial charge on any atom is -0.345 e. The number of fused-ring (bicyclic) bond motifs is 1. The topological polar surface area (TPSA) is 55.1 Å². The number of benzene rings is 1. The highest BCUT2D eigenvalue weighted by Gasteiger charge is 2.29. The summed E-state index contributed by atoms with van der Waals surface area (Å²) >= 11 is 0. The Morgan fingerprint density at radius 2 is 2.00 bits per heavy atom. The molecule has 1 unspecified atom stereocenters. The van der Waals surface area contributed by atoms with E-state index in [4.69, 9.17) is 5.73 Å². The molecule has 112 valence electrons. The van der Waals surface area contributed by atoms with Gasteiger partial charge in [0.1, 0.15) is 0 Å². The van der Waals surface area contributed by atoms with Crippen molar-refractivity contribution < 1.29 is 4.79 Å². The Balaban J connectivity index is 0.00000200. The Kier molecular flexibility index (Phi) is 5.60. The van der Waals surface area contributed by atoms with Crippen LogP contribution in [0, 0.1) is 5.92 Å². The van der Waals surface area contributed by atoms with Gasteiger partial charge in [-0.3, -0.25) is 4.79 Å². The van der Waals surface area contributed by atoms with Gasteiger partial charge < -0.3 is 11.1 Å². The number of carbonyl (C=O) groups is 1. The summed E-state index contributed by atoms with van der Waals surface area (Å²) < 4.78 is 0. The lowest BCUT2D eigenvalue weighted by atomic mass is 9.88. The molecular weight excluding hydrogens is 272 g/mol. The molecule has 1 aliphatic rings. The standard InChI is InChI=1S/C16H24N2O.ClH/c1-11(2)16(3,10-17)18-15(19)14-8-7-12-5-4-6-13(12)9-14;/h7-9,11H,4-6,10,17H2,1-3H3,(H,18,19);1H. The highest BCUT2D eigenvalue weighted by molar-refractivity contribution is 5.95. The molecule has 1 aromatic rings. The third-order valence-electron chi connectivity index (χ3n) is 4.46. The van der Waals surface area contributed by atoms with Gasteiger partial charge in [0.25, 0.3) is 5.91 Å². The SMILES string of the molecule is CC(C)C(C)(CN)NC(=O)c1ccc2c(c1)CCC2.Cl. The minimum atomic E-state index is -0.351. The molecule has 0 aromatic heterocycles. The predicted octanol–water partition coefficient (Wildman–Crippen LogP) is 2.70. The summed E-state index contributed by atoms with van der Waals surface area (Å²) in [5.74, 6) is 0.284. The zero-order valence-electron chi connectivity index (χ0n) is 12.5. The van der Waals surface area contributed by atoms with Crippen LogP contribution < -0.4 is 11.1 Å². The first-order chi connectivity index (χ1) is 8.96. The van der Waals surface area contributed by atoms with Gasteiger partial charge in [0.2, 0.25) is 0 Å². The second-order valence-corrected chi connectivity index (χ2v) is 6.07. The number of nitrogens with one attached hydrogen (secondary N) is 1. The molecule has 3 nitrogen and oxygen atoms in total. The Hall–Kier alpha value is -1.06. The van der Waals surface area contributed by atoms with Crippen LogP contribution >= 0.6 is 12.4 Å². The highest BCUT2D eigenvalue weighted by atomic mass is 35.5. The van der Waals surface area contributed by atoms with E-state index in [0.29, 0.717) is 12.5 Å². The summed E-state index contributed by atoms with van der Waals surface area (Å²) in [4.78, 5) is 12.4. The van der Waals surface area contributed by atoms with Crippen molar-refractivity contribution in [2.24, 2.45) is 11.7 Å². The first kappa shape index (κ1) is 17.0. The Morgan fingerprint density at radius 3 is 2.60 bits per heavy atom. The molecule has 0 heterocycles. The molecule has 0 fully saturated rings. The maximum Gasteiger partial charge on any atom is 0.251 e. The molecule has 1 atom stereocenters. The fourth-order valence-electron chi connectivity index (χ4n) is 2.48. The van der Waals surface area contributed by atoms with Crippen LogP contribution in [-0.4, -0.2) is 18.0 Å². The fourth-order valence-corrected chi connectivity index (χ4v) is 2.48. The van der Waals surface area contributed by atoms with Crippen molar-refractivity contribution in [1.29, 1.82) is 0 Å². The summed E-state index contributed by atoms with van der Waals surface area (Å²) in [6, 6.07) is 6.05. The largest absolute Gasteiger partial charge is 0.345 e. The maximum atomic E-state index is 12.4. The van der Waals surface area contributed by atoms with Gasteiger partial charge in [-0.1, -0.05) is 19.9 Å². The molecule has 2 rings (SSSR count). The van der Waals surface area contributed by atoms with Crippen molar-refractivity contribution in [2.75, 3.05) is 6.54 Å². The van der Waals surface area contributed by atoms with Crippen LogP contribution in [0.15, 0.2) is 18.2 Å². The molecule has 0 aliphatic heterocycles. The van der Waals surface area contributed by atoms with Gasteiger partial charge in [0.15, 0.2) is 0 Å². The highest BCUT2D eigenvalue weighted by Crippen LogP contribution is 2.23. The first-order valence-electron chi connectivity index (χ1n) is 7.10. The van der Waals surface area contributed by atoms with E-state index >= 15 is 0 Å². The maximum absolute atomic E-state index is 12.4. The summed E-state index contributed by atoms with van der Waals surface area (Å²) in [5.41, 5.74) is 8.93. The minimum absolute atomic E-state index is 0. The predicted molar refractivity (Wildman–Crippen MR) is 85.5 cm³/mol. The zero-order valence-corrected chi connectivity index (χ0v) is 13.3. The van der Waals surface area contributed by atoms with Crippen molar-refractivity contribution in [3.05, 3.63) is 34.9 Å². The summed E-state index contributed by atoms with van der Waals surface area (Å²) in [7, 11) is 0. The van der Waals surface area contributed by atoms with Crippen LogP contribution in [0.2, 0.25) is 0 Å². The lowest BCUT2D eigenvalue weighted by molar-refractivity contribution is 0.0883. The first-order valence-corrected chi connectivity index (χ1v) is 7.10. The third-order valence-corrected chi connectivity index (χ3v) is 4.46. The van der Waals surface area contributed by atoms with E-state index in [1.807, 2.05) is 19.1 Å². The smallest absolute Gasteiger partial charge is 0.251 e. The van der Waals surface area contributed by atoms with Crippen molar-refractivity contribution in [1.82, 2.24) is 5.32 Å². The third kappa shape index (κ3) is 3.33. The second-order valence-electron chi connectivity index (χ2n) is 6.07. The molecule has 4 heteroatoms. The zero-order chi connectivity index (χ0) is 14.0. The van der Waals surface area contributed by atoms with Gasteiger partial charge in [-0.05, 0) is 55.4 Å². The number of amides is 1. The van der Waals surface area contributed by atoms with Crippen molar-refractivity contribution in [2.45, 2.75) is 45.6 Å². The van der Waals surface area contributed by atoms with Crippen molar-refractivity contribution >= 4 is 18.3 Å². The molecule has 0 bridgehead atoms. The Morgan fingerprint density at radius 1 is 1.35 bits per heavy atom. The molecule has 0 saturated carbocycles.